The minimum absolute atomic E-state index is 0.454. The molecule has 0 aromatic heterocycles. The summed E-state index contributed by atoms with van der Waals surface area (Å²) in [5, 5.41) is 0. The molecule has 0 bridgehead atoms. The van der Waals surface area contributed by atoms with Crippen LogP contribution in [0, 0.1) is 0 Å². The molecule has 1 aromatic carbocycles. The van der Waals surface area contributed by atoms with Gasteiger partial charge in [-0.15, -0.1) is 0 Å². The Morgan fingerprint density at radius 1 is 0.957 bits per heavy atom. The minimum atomic E-state index is -0.588. The van der Waals surface area contributed by atoms with E-state index in [1.165, 1.54) is 0 Å². The van der Waals surface area contributed by atoms with Crippen molar-refractivity contribution in [3.8, 4) is 11.5 Å². The third kappa shape index (κ3) is 3.35. The number of hydrogen-bond acceptors (Lipinski definition) is 5. The zero-order valence-electron chi connectivity index (χ0n) is 14.3. The first kappa shape index (κ1) is 17.4. The molecule has 0 unspecified atom stereocenters. The fourth-order valence-electron chi connectivity index (χ4n) is 2.81. The lowest BCUT2D eigenvalue weighted by atomic mass is 9.83. The van der Waals surface area contributed by atoms with Crippen molar-refractivity contribution in [3.05, 3.63) is 47.2 Å². The van der Waals surface area contributed by atoms with Crippen LogP contribution in [0.5, 0.6) is 11.5 Å². The summed E-state index contributed by atoms with van der Waals surface area (Å²) in [7, 11) is 8.26. The van der Waals surface area contributed by atoms with Crippen LogP contribution in [0.4, 0.5) is 0 Å². The van der Waals surface area contributed by atoms with Gasteiger partial charge in [0, 0.05) is 20.6 Å². The third-order valence-electron chi connectivity index (χ3n) is 4.09. The second-order valence-electron chi connectivity index (χ2n) is 5.24. The molecule has 0 amide bonds. The number of hydrogen-bond donors (Lipinski definition) is 0. The molecule has 0 N–H and O–H groups in total. The Balaban J connectivity index is 2.55. The summed E-state index contributed by atoms with van der Waals surface area (Å²) >= 11 is 0. The summed E-state index contributed by atoms with van der Waals surface area (Å²) in [6, 6.07) is 3.88. The maximum absolute atomic E-state index is 5.88. The molecule has 0 fully saturated rings. The van der Waals surface area contributed by atoms with Gasteiger partial charge in [-0.25, -0.2) is 0 Å². The van der Waals surface area contributed by atoms with Crippen molar-refractivity contribution in [3.63, 3.8) is 0 Å². The average molecular weight is 320 g/mol. The molecule has 0 aliphatic heterocycles. The highest BCUT2D eigenvalue weighted by atomic mass is 16.5. The highest BCUT2D eigenvalue weighted by molar-refractivity contribution is 5.51. The van der Waals surface area contributed by atoms with E-state index in [0.717, 1.165) is 16.9 Å². The van der Waals surface area contributed by atoms with Gasteiger partial charge in [0.25, 0.3) is 0 Å². The fraction of sp³-hybridized carbons (Fsp3) is 0.444. The number of allylic oxidation sites excluding steroid dienone is 1. The van der Waals surface area contributed by atoms with Crippen molar-refractivity contribution < 1.29 is 23.7 Å². The largest absolute Gasteiger partial charge is 0.497 e. The monoisotopic (exact) mass is 320 g/mol. The van der Waals surface area contributed by atoms with Gasteiger partial charge in [-0.1, -0.05) is 0 Å². The Morgan fingerprint density at radius 3 is 2.13 bits per heavy atom. The van der Waals surface area contributed by atoms with E-state index >= 15 is 0 Å². The molecule has 0 radical (unpaired) electrons. The van der Waals surface area contributed by atoms with E-state index < -0.39 is 5.60 Å². The van der Waals surface area contributed by atoms with Crippen molar-refractivity contribution in [2.45, 2.75) is 18.6 Å². The van der Waals surface area contributed by atoms with Gasteiger partial charge in [-0.05, 0) is 41.5 Å². The van der Waals surface area contributed by atoms with Crippen LogP contribution in [0.3, 0.4) is 0 Å². The second-order valence-corrected chi connectivity index (χ2v) is 5.24. The van der Waals surface area contributed by atoms with E-state index in [9.17, 15) is 0 Å². The molecule has 0 saturated carbocycles. The predicted molar refractivity (Wildman–Crippen MR) is 87.8 cm³/mol. The molecule has 5 nitrogen and oxygen atoms in total. The van der Waals surface area contributed by atoms with Crippen LogP contribution < -0.4 is 9.47 Å². The summed E-state index contributed by atoms with van der Waals surface area (Å²) in [6.07, 6.45) is 6.60. The standard InChI is InChI=1S/C18H24O5/c1-19-12-13-10-16(21-3)17(22-4)11-15(13)18(23-5)8-6-14(20-2)7-9-18/h6-8,10-11H,9,12H2,1-5H3/t18-/m0/s1. The van der Waals surface area contributed by atoms with Gasteiger partial charge < -0.3 is 23.7 Å². The Labute approximate surface area is 137 Å². The predicted octanol–water partition coefficient (Wildman–Crippen LogP) is 3.18. The molecule has 126 valence electrons. The Bertz CT molecular complexity index is 606. The molecule has 23 heavy (non-hydrogen) atoms. The fourth-order valence-corrected chi connectivity index (χ4v) is 2.81. The molecule has 0 saturated heterocycles. The van der Waals surface area contributed by atoms with E-state index in [4.69, 9.17) is 23.7 Å². The average Bonchev–Trinajstić information content (AvgIpc) is 2.61. The maximum atomic E-state index is 5.88. The SMILES string of the molecule is COCc1cc(OC)c(OC)cc1[C@]1(OC)C=CC(OC)=CC1. The smallest absolute Gasteiger partial charge is 0.161 e. The van der Waals surface area contributed by atoms with Gasteiger partial charge in [0.15, 0.2) is 11.5 Å². The van der Waals surface area contributed by atoms with Crippen molar-refractivity contribution in [2.24, 2.45) is 0 Å². The van der Waals surface area contributed by atoms with Crippen LogP contribution in [0.25, 0.3) is 0 Å². The van der Waals surface area contributed by atoms with Crippen molar-refractivity contribution in [2.75, 3.05) is 35.5 Å². The minimum Gasteiger partial charge on any atom is -0.497 e. The molecule has 1 aliphatic rings. The van der Waals surface area contributed by atoms with E-state index in [1.54, 1.807) is 35.5 Å². The van der Waals surface area contributed by atoms with Gasteiger partial charge in [0.2, 0.25) is 0 Å². The lowest BCUT2D eigenvalue weighted by molar-refractivity contribution is 0.0264. The van der Waals surface area contributed by atoms with Gasteiger partial charge in [0.1, 0.15) is 11.4 Å². The normalized spacial score (nSPS) is 20.1. The van der Waals surface area contributed by atoms with Crippen LogP contribution >= 0.6 is 0 Å². The van der Waals surface area contributed by atoms with Crippen molar-refractivity contribution >= 4 is 0 Å². The quantitative estimate of drug-likeness (QED) is 0.772. The molecule has 1 aliphatic carbocycles. The summed E-state index contributed by atoms with van der Waals surface area (Å²) in [5.41, 5.74) is 1.39. The molecule has 0 spiro atoms. The zero-order chi connectivity index (χ0) is 16.9. The van der Waals surface area contributed by atoms with E-state index in [0.29, 0.717) is 24.5 Å². The number of benzene rings is 1. The Morgan fingerprint density at radius 2 is 1.65 bits per heavy atom. The first-order valence-electron chi connectivity index (χ1n) is 7.37. The lowest BCUT2D eigenvalue weighted by Gasteiger charge is -2.33. The summed E-state index contributed by atoms with van der Waals surface area (Å²) < 4.78 is 27.3. The third-order valence-corrected chi connectivity index (χ3v) is 4.09. The van der Waals surface area contributed by atoms with Gasteiger partial charge in [-0.2, -0.15) is 0 Å². The van der Waals surface area contributed by atoms with Gasteiger partial charge >= 0.3 is 0 Å². The molecule has 1 atom stereocenters. The van der Waals surface area contributed by atoms with Gasteiger partial charge in [-0.3, -0.25) is 0 Å². The summed E-state index contributed by atoms with van der Waals surface area (Å²) in [5.74, 6) is 2.16. The highest BCUT2D eigenvalue weighted by Gasteiger charge is 2.34. The number of rotatable bonds is 7. The topological polar surface area (TPSA) is 46.2 Å². The van der Waals surface area contributed by atoms with Crippen LogP contribution in [0.15, 0.2) is 36.1 Å². The first-order chi connectivity index (χ1) is 11.1. The van der Waals surface area contributed by atoms with Crippen LogP contribution in [0.2, 0.25) is 0 Å². The summed E-state index contributed by atoms with van der Waals surface area (Å²) in [4.78, 5) is 0. The van der Waals surface area contributed by atoms with Crippen LogP contribution in [0.1, 0.15) is 17.5 Å². The number of ether oxygens (including phenoxy) is 5. The zero-order valence-corrected chi connectivity index (χ0v) is 14.3. The Hall–Kier alpha value is -1.98. The molecule has 1 aromatic rings. The van der Waals surface area contributed by atoms with Crippen molar-refractivity contribution in [1.29, 1.82) is 0 Å². The van der Waals surface area contributed by atoms with Crippen LogP contribution in [-0.4, -0.2) is 35.5 Å². The van der Waals surface area contributed by atoms with Crippen LogP contribution in [-0.2, 0) is 26.4 Å². The molecule has 5 heteroatoms. The summed E-state index contributed by atoms with van der Waals surface area (Å²) in [6.45, 7) is 0.454. The van der Waals surface area contributed by atoms with E-state index in [-0.39, 0.29) is 0 Å². The Kier molecular flexibility index (Phi) is 5.69. The number of methoxy groups -OCH3 is 5. The second kappa shape index (κ2) is 7.53. The molecule has 0 heterocycles. The van der Waals surface area contributed by atoms with Gasteiger partial charge in [0.05, 0.1) is 27.9 Å². The lowest BCUT2D eigenvalue weighted by Crippen LogP contribution is -2.29. The van der Waals surface area contributed by atoms with E-state index in [1.807, 2.05) is 30.4 Å². The first-order valence-corrected chi connectivity index (χ1v) is 7.37. The molecule has 2 rings (SSSR count). The molecular formula is C18H24O5. The van der Waals surface area contributed by atoms with E-state index in [2.05, 4.69) is 0 Å². The molecular weight excluding hydrogens is 296 g/mol. The highest BCUT2D eigenvalue weighted by Crippen LogP contribution is 2.41. The van der Waals surface area contributed by atoms with Crippen molar-refractivity contribution in [1.82, 2.24) is 0 Å². The maximum Gasteiger partial charge on any atom is 0.161 e.